The molecule has 108 valence electrons. The summed E-state index contributed by atoms with van der Waals surface area (Å²) in [5.74, 6) is 1.65. The first-order valence-electron chi connectivity index (χ1n) is 6.40. The molecule has 0 spiro atoms. The van der Waals surface area contributed by atoms with E-state index in [0.717, 1.165) is 6.54 Å². The van der Waals surface area contributed by atoms with Gasteiger partial charge in [0, 0.05) is 39.2 Å². The smallest absolute Gasteiger partial charge is 0.231 e. The summed E-state index contributed by atoms with van der Waals surface area (Å²) in [7, 11) is 3.76. The summed E-state index contributed by atoms with van der Waals surface area (Å²) >= 11 is 0. The van der Waals surface area contributed by atoms with Crippen LogP contribution in [0.4, 0.5) is 17.8 Å². The van der Waals surface area contributed by atoms with Crippen molar-refractivity contribution < 1.29 is 5.11 Å². The fourth-order valence-electron chi connectivity index (χ4n) is 1.26. The van der Waals surface area contributed by atoms with Gasteiger partial charge in [0.1, 0.15) is 0 Å². The van der Waals surface area contributed by atoms with Gasteiger partial charge in [0.2, 0.25) is 17.8 Å². The van der Waals surface area contributed by atoms with Crippen LogP contribution in [-0.2, 0) is 0 Å². The predicted molar refractivity (Wildman–Crippen MR) is 77.7 cm³/mol. The van der Waals surface area contributed by atoms with Crippen LogP contribution in [0.3, 0.4) is 0 Å². The molecule has 19 heavy (non-hydrogen) atoms. The molecule has 0 aliphatic heterocycles. The standard InChI is InChI=1S/C12H24N6O/c1-6-13-9-15-10(14-7-12(2,3)8-19)17-11(16-9)18(4)5/h19H,6-8H2,1-5H3,(H2,13,14,15,16,17). The van der Waals surface area contributed by atoms with E-state index in [2.05, 4.69) is 25.6 Å². The Kier molecular flexibility index (Phi) is 5.29. The summed E-state index contributed by atoms with van der Waals surface area (Å²) in [6.45, 7) is 7.37. The Balaban J connectivity index is 2.87. The number of aromatic nitrogens is 3. The molecule has 0 aromatic carbocycles. The van der Waals surface area contributed by atoms with Gasteiger partial charge >= 0.3 is 0 Å². The number of nitrogens with zero attached hydrogens (tertiary/aromatic N) is 4. The zero-order chi connectivity index (χ0) is 14.5. The van der Waals surface area contributed by atoms with Gasteiger partial charge in [-0.05, 0) is 6.92 Å². The van der Waals surface area contributed by atoms with E-state index >= 15 is 0 Å². The van der Waals surface area contributed by atoms with Crippen LogP contribution in [0.5, 0.6) is 0 Å². The summed E-state index contributed by atoms with van der Waals surface area (Å²) in [5.41, 5.74) is -0.219. The van der Waals surface area contributed by atoms with Gasteiger partial charge in [-0.15, -0.1) is 0 Å². The largest absolute Gasteiger partial charge is 0.396 e. The maximum absolute atomic E-state index is 9.24. The lowest BCUT2D eigenvalue weighted by Crippen LogP contribution is -2.28. The number of hydrogen-bond donors (Lipinski definition) is 3. The maximum atomic E-state index is 9.24. The first kappa shape index (κ1) is 15.4. The highest BCUT2D eigenvalue weighted by Gasteiger charge is 2.17. The van der Waals surface area contributed by atoms with Crippen molar-refractivity contribution in [3.8, 4) is 0 Å². The SMILES string of the molecule is CCNc1nc(NCC(C)(C)CO)nc(N(C)C)n1. The van der Waals surface area contributed by atoms with Gasteiger partial charge in [-0.2, -0.15) is 15.0 Å². The first-order valence-corrected chi connectivity index (χ1v) is 6.40. The van der Waals surface area contributed by atoms with Gasteiger partial charge in [0.05, 0.1) is 0 Å². The Morgan fingerprint density at radius 2 is 1.68 bits per heavy atom. The van der Waals surface area contributed by atoms with Crippen LogP contribution in [0.15, 0.2) is 0 Å². The van der Waals surface area contributed by atoms with Crippen LogP contribution < -0.4 is 15.5 Å². The minimum Gasteiger partial charge on any atom is -0.396 e. The lowest BCUT2D eigenvalue weighted by Gasteiger charge is -2.22. The van der Waals surface area contributed by atoms with Crippen molar-refractivity contribution in [1.82, 2.24) is 15.0 Å². The van der Waals surface area contributed by atoms with Gasteiger partial charge in [0.15, 0.2) is 0 Å². The summed E-state index contributed by atoms with van der Waals surface area (Å²) < 4.78 is 0. The normalized spacial score (nSPS) is 11.3. The molecule has 0 saturated heterocycles. The highest BCUT2D eigenvalue weighted by atomic mass is 16.3. The Morgan fingerprint density at radius 1 is 1.11 bits per heavy atom. The van der Waals surface area contributed by atoms with Gasteiger partial charge in [-0.25, -0.2) is 0 Å². The number of aliphatic hydroxyl groups excluding tert-OH is 1. The van der Waals surface area contributed by atoms with Crippen molar-refractivity contribution in [1.29, 1.82) is 0 Å². The van der Waals surface area contributed by atoms with Crippen molar-refractivity contribution in [2.45, 2.75) is 20.8 Å². The topological polar surface area (TPSA) is 86.2 Å². The number of hydrogen-bond acceptors (Lipinski definition) is 7. The Morgan fingerprint density at radius 3 is 2.16 bits per heavy atom. The highest BCUT2D eigenvalue weighted by Crippen LogP contribution is 2.16. The number of anilines is 3. The molecule has 0 aliphatic rings. The van der Waals surface area contributed by atoms with Crippen molar-refractivity contribution in [2.24, 2.45) is 5.41 Å². The second kappa shape index (κ2) is 6.51. The van der Waals surface area contributed by atoms with E-state index in [1.165, 1.54) is 0 Å². The second-order valence-corrected chi connectivity index (χ2v) is 5.38. The van der Waals surface area contributed by atoms with Gasteiger partial charge in [-0.1, -0.05) is 13.8 Å². The molecule has 1 aromatic heterocycles. The average molecular weight is 268 g/mol. The van der Waals surface area contributed by atoms with Gasteiger partial charge in [0.25, 0.3) is 0 Å². The summed E-state index contributed by atoms with van der Waals surface area (Å²) in [5, 5.41) is 15.5. The third-order valence-electron chi connectivity index (χ3n) is 2.51. The molecule has 0 aliphatic carbocycles. The van der Waals surface area contributed by atoms with Crippen molar-refractivity contribution >= 4 is 17.8 Å². The first-order chi connectivity index (χ1) is 8.88. The van der Waals surface area contributed by atoms with E-state index in [1.54, 1.807) is 0 Å². The van der Waals surface area contributed by atoms with Crippen LogP contribution in [0, 0.1) is 5.41 Å². The molecule has 1 aromatic rings. The Hall–Kier alpha value is -1.63. The number of aliphatic hydroxyl groups is 1. The van der Waals surface area contributed by atoms with Crippen molar-refractivity contribution in [3.63, 3.8) is 0 Å². The molecule has 1 heterocycles. The molecule has 0 unspecified atom stereocenters. The molecular weight excluding hydrogens is 244 g/mol. The summed E-state index contributed by atoms with van der Waals surface area (Å²) in [4.78, 5) is 14.7. The van der Waals surface area contributed by atoms with Crippen LogP contribution in [0.2, 0.25) is 0 Å². The van der Waals surface area contributed by atoms with E-state index in [-0.39, 0.29) is 12.0 Å². The predicted octanol–water partition coefficient (Wildman–Crippen LogP) is 0.800. The van der Waals surface area contributed by atoms with Crippen LogP contribution >= 0.6 is 0 Å². The Labute approximate surface area is 114 Å². The second-order valence-electron chi connectivity index (χ2n) is 5.38. The highest BCUT2D eigenvalue weighted by molar-refractivity contribution is 5.42. The minimum atomic E-state index is -0.219. The molecular formula is C12H24N6O. The summed E-state index contributed by atoms with van der Waals surface area (Å²) in [6, 6.07) is 0. The molecule has 0 radical (unpaired) electrons. The third kappa shape index (κ3) is 4.86. The zero-order valence-electron chi connectivity index (χ0n) is 12.4. The van der Waals surface area contributed by atoms with E-state index in [9.17, 15) is 5.11 Å². The quantitative estimate of drug-likeness (QED) is 0.674. The molecule has 0 saturated carbocycles. The van der Waals surface area contributed by atoms with Crippen molar-refractivity contribution in [3.05, 3.63) is 0 Å². The number of nitrogens with one attached hydrogen (secondary N) is 2. The zero-order valence-corrected chi connectivity index (χ0v) is 12.4. The fraction of sp³-hybridized carbons (Fsp3) is 0.750. The van der Waals surface area contributed by atoms with E-state index in [4.69, 9.17) is 0 Å². The van der Waals surface area contributed by atoms with E-state index in [1.807, 2.05) is 39.8 Å². The van der Waals surface area contributed by atoms with Crippen LogP contribution in [0.25, 0.3) is 0 Å². The monoisotopic (exact) mass is 268 g/mol. The lowest BCUT2D eigenvalue weighted by atomic mass is 9.95. The molecule has 3 N–H and O–H groups in total. The molecule has 0 amide bonds. The molecule has 0 fully saturated rings. The van der Waals surface area contributed by atoms with Crippen LogP contribution in [0.1, 0.15) is 20.8 Å². The molecule has 1 rings (SSSR count). The number of rotatable bonds is 7. The van der Waals surface area contributed by atoms with Gasteiger partial charge in [-0.3, -0.25) is 0 Å². The van der Waals surface area contributed by atoms with Crippen molar-refractivity contribution in [2.75, 3.05) is 49.3 Å². The molecule has 7 heteroatoms. The maximum Gasteiger partial charge on any atom is 0.231 e. The minimum absolute atomic E-state index is 0.103. The molecule has 7 nitrogen and oxygen atoms in total. The fourth-order valence-corrected chi connectivity index (χ4v) is 1.26. The molecule has 0 atom stereocenters. The van der Waals surface area contributed by atoms with E-state index in [0.29, 0.717) is 24.4 Å². The third-order valence-corrected chi connectivity index (χ3v) is 2.51. The average Bonchev–Trinajstić information content (AvgIpc) is 2.37. The summed E-state index contributed by atoms with van der Waals surface area (Å²) in [6.07, 6.45) is 0. The lowest BCUT2D eigenvalue weighted by molar-refractivity contribution is 0.170. The van der Waals surface area contributed by atoms with Crippen LogP contribution in [-0.4, -0.2) is 53.9 Å². The Bertz CT molecular complexity index is 407. The molecule has 0 bridgehead atoms. The van der Waals surface area contributed by atoms with E-state index < -0.39 is 0 Å². The van der Waals surface area contributed by atoms with Gasteiger partial charge < -0.3 is 20.6 Å².